The molecule has 1 rings (SSSR count). The highest BCUT2D eigenvalue weighted by Crippen LogP contribution is 2.32. The molecule has 0 fully saturated rings. The molecule has 6 heteroatoms. The quantitative estimate of drug-likeness (QED) is 0.612. The first-order valence-corrected chi connectivity index (χ1v) is 6.67. The van der Waals surface area contributed by atoms with Gasteiger partial charge in [-0.05, 0) is 25.0 Å². The van der Waals surface area contributed by atoms with Gasteiger partial charge in [-0.25, -0.2) is 4.79 Å². The van der Waals surface area contributed by atoms with Crippen LogP contribution in [0.15, 0.2) is 18.2 Å². The second-order valence-electron chi connectivity index (χ2n) is 4.79. The van der Waals surface area contributed by atoms with Crippen molar-refractivity contribution in [2.45, 2.75) is 27.2 Å². The van der Waals surface area contributed by atoms with Crippen LogP contribution in [-0.4, -0.2) is 29.1 Å². The molecule has 6 nitrogen and oxygen atoms in total. The lowest BCUT2D eigenvalue weighted by molar-refractivity contribution is -0.384. The predicted octanol–water partition coefficient (Wildman–Crippen LogP) is 3.17. The van der Waals surface area contributed by atoms with Crippen molar-refractivity contribution in [3.8, 4) is 0 Å². The zero-order valence-electron chi connectivity index (χ0n) is 12.0. The summed E-state index contributed by atoms with van der Waals surface area (Å²) in [5.74, 6) is -0.902. The van der Waals surface area contributed by atoms with Gasteiger partial charge in [0.2, 0.25) is 0 Å². The fraction of sp³-hybridized carbons (Fsp3) is 0.500. The molecule has 0 aliphatic carbocycles. The third-order valence-electron chi connectivity index (χ3n) is 3.38. The van der Waals surface area contributed by atoms with Crippen molar-refractivity contribution in [1.29, 1.82) is 0 Å². The van der Waals surface area contributed by atoms with Gasteiger partial charge in [-0.1, -0.05) is 26.3 Å². The molecule has 0 aromatic heterocycles. The fourth-order valence-corrected chi connectivity index (χ4v) is 2.05. The van der Waals surface area contributed by atoms with E-state index in [4.69, 9.17) is 5.11 Å². The molecule has 1 aromatic rings. The predicted molar refractivity (Wildman–Crippen MR) is 77.4 cm³/mol. The Bertz CT molecular complexity index is 502. The van der Waals surface area contributed by atoms with E-state index in [9.17, 15) is 14.9 Å². The number of carbonyl (C=O) groups is 1. The summed E-state index contributed by atoms with van der Waals surface area (Å²) < 4.78 is 0. The van der Waals surface area contributed by atoms with Gasteiger partial charge < -0.3 is 10.0 Å². The Morgan fingerprint density at radius 3 is 2.55 bits per heavy atom. The molecule has 20 heavy (non-hydrogen) atoms. The minimum Gasteiger partial charge on any atom is -0.477 e. The van der Waals surface area contributed by atoms with Crippen LogP contribution in [0.2, 0.25) is 0 Å². The van der Waals surface area contributed by atoms with E-state index >= 15 is 0 Å². The van der Waals surface area contributed by atoms with Crippen LogP contribution in [-0.2, 0) is 0 Å². The van der Waals surface area contributed by atoms with Gasteiger partial charge in [-0.2, -0.15) is 0 Å². The third-order valence-corrected chi connectivity index (χ3v) is 3.38. The molecule has 0 aliphatic heterocycles. The monoisotopic (exact) mass is 280 g/mol. The van der Waals surface area contributed by atoms with E-state index in [0.29, 0.717) is 24.7 Å². The van der Waals surface area contributed by atoms with Crippen molar-refractivity contribution in [1.82, 2.24) is 0 Å². The van der Waals surface area contributed by atoms with Crippen LogP contribution in [0.25, 0.3) is 0 Å². The minimum absolute atomic E-state index is 0.268. The molecule has 0 heterocycles. The maximum Gasteiger partial charge on any atom is 0.342 e. The van der Waals surface area contributed by atoms with Gasteiger partial charge in [-0.15, -0.1) is 0 Å². The van der Waals surface area contributed by atoms with Crippen LogP contribution < -0.4 is 4.90 Å². The summed E-state index contributed by atoms with van der Waals surface area (Å²) >= 11 is 0. The van der Waals surface area contributed by atoms with Crippen molar-refractivity contribution in [3.63, 3.8) is 0 Å². The Morgan fingerprint density at radius 1 is 1.45 bits per heavy atom. The summed E-state index contributed by atoms with van der Waals surface area (Å²) in [5, 5.41) is 20.3. The van der Waals surface area contributed by atoms with E-state index in [-0.39, 0.29) is 11.3 Å². The molecule has 0 saturated carbocycles. The number of para-hydroxylation sites is 1. The number of hydrogen-bond donors (Lipinski definition) is 1. The van der Waals surface area contributed by atoms with E-state index in [1.807, 2.05) is 11.8 Å². The van der Waals surface area contributed by atoms with Crippen molar-refractivity contribution in [2.24, 2.45) is 5.92 Å². The van der Waals surface area contributed by atoms with Crippen molar-refractivity contribution in [3.05, 3.63) is 33.9 Å². The second-order valence-corrected chi connectivity index (χ2v) is 4.79. The first kappa shape index (κ1) is 15.9. The van der Waals surface area contributed by atoms with E-state index in [0.717, 1.165) is 6.42 Å². The van der Waals surface area contributed by atoms with Crippen LogP contribution in [0, 0.1) is 16.0 Å². The summed E-state index contributed by atoms with van der Waals surface area (Å²) in [6.45, 7) is 7.28. The van der Waals surface area contributed by atoms with Gasteiger partial charge >= 0.3 is 11.7 Å². The highest BCUT2D eigenvalue weighted by atomic mass is 16.6. The maximum atomic E-state index is 11.2. The summed E-state index contributed by atoms with van der Waals surface area (Å²) in [6, 6.07) is 4.42. The molecule has 0 radical (unpaired) electrons. The van der Waals surface area contributed by atoms with E-state index in [1.54, 1.807) is 12.1 Å². The van der Waals surface area contributed by atoms with E-state index < -0.39 is 10.9 Å². The average Bonchev–Trinajstić information content (AvgIpc) is 2.43. The number of benzene rings is 1. The number of nitro groups is 1. The molecule has 0 bridgehead atoms. The average molecular weight is 280 g/mol. The molecule has 110 valence electrons. The van der Waals surface area contributed by atoms with Crippen molar-refractivity contribution in [2.75, 3.05) is 18.0 Å². The molecule has 0 aliphatic rings. The standard InChI is InChI=1S/C14H20N2O4/c1-4-10(3)9-15(5-2)12-8-6-7-11(14(17)18)13(12)16(19)20/h6-8,10H,4-5,9H2,1-3H3,(H,17,18). The molecular formula is C14H20N2O4. The maximum absolute atomic E-state index is 11.2. The smallest absolute Gasteiger partial charge is 0.342 e. The summed E-state index contributed by atoms with van der Waals surface area (Å²) in [5.41, 5.74) is -0.224. The summed E-state index contributed by atoms with van der Waals surface area (Å²) in [7, 11) is 0. The topological polar surface area (TPSA) is 83.7 Å². The normalized spacial score (nSPS) is 11.9. The van der Waals surface area contributed by atoms with E-state index in [1.165, 1.54) is 6.07 Å². The molecular weight excluding hydrogens is 260 g/mol. The molecule has 1 N–H and O–H groups in total. The van der Waals surface area contributed by atoms with Crippen LogP contribution in [0.4, 0.5) is 11.4 Å². The van der Waals surface area contributed by atoms with Gasteiger partial charge in [0.1, 0.15) is 11.3 Å². The Labute approximate surface area is 118 Å². The Balaban J connectivity index is 3.31. The minimum atomic E-state index is -1.28. The number of hydrogen-bond acceptors (Lipinski definition) is 4. The van der Waals surface area contributed by atoms with Gasteiger partial charge in [0.05, 0.1) is 4.92 Å². The number of carboxylic acids is 1. The first-order valence-electron chi connectivity index (χ1n) is 6.67. The molecule has 1 unspecified atom stereocenters. The van der Waals surface area contributed by atoms with Gasteiger partial charge in [-0.3, -0.25) is 10.1 Å². The lowest BCUT2D eigenvalue weighted by Gasteiger charge is -2.26. The molecule has 1 atom stereocenters. The molecule has 0 amide bonds. The number of aromatic carboxylic acids is 1. The largest absolute Gasteiger partial charge is 0.477 e. The van der Waals surface area contributed by atoms with Crippen LogP contribution in [0.5, 0.6) is 0 Å². The summed E-state index contributed by atoms with van der Waals surface area (Å²) in [6.07, 6.45) is 0.961. The summed E-state index contributed by atoms with van der Waals surface area (Å²) in [4.78, 5) is 23.6. The zero-order valence-corrected chi connectivity index (χ0v) is 12.0. The van der Waals surface area contributed by atoms with Gasteiger partial charge in [0, 0.05) is 13.1 Å². The fourth-order valence-electron chi connectivity index (χ4n) is 2.05. The van der Waals surface area contributed by atoms with Crippen LogP contribution in [0.1, 0.15) is 37.6 Å². The van der Waals surface area contributed by atoms with Crippen molar-refractivity contribution >= 4 is 17.3 Å². The van der Waals surface area contributed by atoms with Gasteiger partial charge in [0.15, 0.2) is 0 Å². The Kier molecular flexibility index (Phi) is 5.49. The lowest BCUT2D eigenvalue weighted by atomic mass is 10.1. The second kappa shape index (κ2) is 6.88. The lowest BCUT2D eigenvalue weighted by Crippen LogP contribution is -2.29. The molecule has 1 aromatic carbocycles. The SMILES string of the molecule is CCC(C)CN(CC)c1cccc(C(=O)O)c1[N+](=O)[O-]. The number of rotatable bonds is 7. The number of carboxylic acid groups (broad SMARTS) is 1. The van der Waals surface area contributed by atoms with E-state index in [2.05, 4.69) is 13.8 Å². The van der Waals surface area contributed by atoms with Gasteiger partial charge in [0.25, 0.3) is 0 Å². The number of nitrogens with zero attached hydrogens (tertiary/aromatic N) is 2. The Morgan fingerprint density at radius 2 is 2.10 bits per heavy atom. The van der Waals surface area contributed by atoms with Crippen LogP contribution in [0.3, 0.4) is 0 Å². The number of anilines is 1. The first-order chi connectivity index (χ1) is 9.42. The molecule has 0 saturated heterocycles. The highest BCUT2D eigenvalue weighted by molar-refractivity contribution is 5.95. The van der Waals surface area contributed by atoms with Crippen molar-refractivity contribution < 1.29 is 14.8 Å². The highest BCUT2D eigenvalue weighted by Gasteiger charge is 2.27. The Hall–Kier alpha value is -2.11. The van der Waals surface area contributed by atoms with Crippen LogP contribution >= 0.6 is 0 Å². The third kappa shape index (κ3) is 3.46. The number of nitro benzene ring substituents is 1. The molecule has 0 spiro atoms. The zero-order chi connectivity index (χ0) is 15.3.